The number of carbonyl (C=O) groups is 2. The average molecular weight is 279 g/mol. The first-order chi connectivity index (χ1) is 9.06. The molecule has 0 saturated carbocycles. The van der Waals surface area contributed by atoms with Gasteiger partial charge in [0.15, 0.2) is 11.0 Å². The quantitative estimate of drug-likeness (QED) is 0.707. The fourth-order valence-corrected chi connectivity index (χ4v) is 1.90. The first kappa shape index (κ1) is 13.1. The van der Waals surface area contributed by atoms with Gasteiger partial charge in [-0.1, -0.05) is 23.9 Å². The van der Waals surface area contributed by atoms with Crippen molar-refractivity contribution in [2.45, 2.75) is 5.16 Å². The fourth-order valence-electron chi connectivity index (χ4n) is 1.37. The third kappa shape index (κ3) is 3.32. The smallest absolute Gasteiger partial charge is 0.335 e. The summed E-state index contributed by atoms with van der Waals surface area (Å²) in [6, 6.07) is 6.24. The first-order valence-corrected chi connectivity index (χ1v) is 6.16. The lowest BCUT2D eigenvalue weighted by Crippen LogP contribution is -1.97. The van der Waals surface area contributed by atoms with Gasteiger partial charge in [0.25, 0.3) is 0 Å². The monoisotopic (exact) mass is 279 g/mol. The number of thioether (sulfide) groups is 1. The number of carboxylic acid groups (broad SMARTS) is 2. The second-order valence-corrected chi connectivity index (χ2v) is 4.51. The van der Waals surface area contributed by atoms with Crippen LogP contribution in [0.5, 0.6) is 0 Å². The number of aromatic amines is 1. The number of nitrogens with one attached hydrogen (secondary N) is 1. The molecule has 0 aliphatic carbocycles. The Morgan fingerprint density at radius 3 is 2.74 bits per heavy atom. The molecule has 0 atom stereocenters. The number of aromatic carboxylic acids is 1. The molecule has 0 spiro atoms. The third-order valence-electron chi connectivity index (χ3n) is 2.18. The minimum absolute atomic E-state index is 0.121. The zero-order valence-corrected chi connectivity index (χ0v) is 10.3. The van der Waals surface area contributed by atoms with E-state index in [0.717, 1.165) is 11.8 Å². The van der Waals surface area contributed by atoms with Crippen molar-refractivity contribution in [2.75, 3.05) is 5.75 Å². The van der Waals surface area contributed by atoms with Crippen molar-refractivity contribution in [3.05, 3.63) is 29.8 Å². The minimum Gasteiger partial charge on any atom is -0.481 e. The van der Waals surface area contributed by atoms with E-state index in [1.165, 1.54) is 12.1 Å². The Hall–Kier alpha value is -2.35. The Morgan fingerprint density at radius 1 is 1.26 bits per heavy atom. The van der Waals surface area contributed by atoms with Crippen molar-refractivity contribution in [1.82, 2.24) is 15.2 Å². The zero-order chi connectivity index (χ0) is 13.8. The number of H-pyrrole nitrogens is 1. The van der Waals surface area contributed by atoms with Crippen LogP contribution in [0.1, 0.15) is 10.4 Å². The predicted molar refractivity (Wildman–Crippen MR) is 67.1 cm³/mol. The van der Waals surface area contributed by atoms with Gasteiger partial charge in [-0.25, -0.2) is 4.79 Å². The van der Waals surface area contributed by atoms with Crippen molar-refractivity contribution in [3.8, 4) is 11.4 Å². The highest BCUT2D eigenvalue weighted by Gasteiger charge is 2.10. The van der Waals surface area contributed by atoms with E-state index in [2.05, 4.69) is 15.2 Å². The molecule has 0 saturated heterocycles. The number of aliphatic carboxylic acids is 1. The predicted octanol–water partition coefficient (Wildman–Crippen LogP) is 1.35. The second kappa shape index (κ2) is 5.53. The van der Waals surface area contributed by atoms with E-state index >= 15 is 0 Å². The molecular formula is C11H9N3O4S. The van der Waals surface area contributed by atoms with Gasteiger partial charge < -0.3 is 15.2 Å². The second-order valence-electron chi connectivity index (χ2n) is 3.55. The van der Waals surface area contributed by atoms with Crippen LogP contribution >= 0.6 is 11.8 Å². The van der Waals surface area contributed by atoms with Gasteiger partial charge in [0.1, 0.15) is 0 Å². The summed E-state index contributed by atoms with van der Waals surface area (Å²) >= 11 is 1.01. The largest absolute Gasteiger partial charge is 0.481 e. The number of hydrogen-bond donors (Lipinski definition) is 3. The molecule has 98 valence electrons. The number of rotatable bonds is 5. The van der Waals surface area contributed by atoms with Gasteiger partial charge in [0.05, 0.1) is 11.3 Å². The maximum Gasteiger partial charge on any atom is 0.335 e. The van der Waals surface area contributed by atoms with E-state index < -0.39 is 11.9 Å². The summed E-state index contributed by atoms with van der Waals surface area (Å²) in [6.07, 6.45) is 0. The van der Waals surface area contributed by atoms with Gasteiger partial charge in [-0.3, -0.25) is 4.79 Å². The van der Waals surface area contributed by atoms with Gasteiger partial charge in [0.2, 0.25) is 0 Å². The zero-order valence-electron chi connectivity index (χ0n) is 9.53. The Kier molecular flexibility index (Phi) is 3.81. The van der Waals surface area contributed by atoms with E-state index in [1.54, 1.807) is 12.1 Å². The van der Waals surface area contributed by atoms with E-state index in [9.17, 15) is 9.59 Å². The lowest BCUT2D eigenvalue weighted by Gasteiger charge is -1.98. The van der Waals surface area contributed by atoms with Crippen LogP contribution in [0.15, 0.2) is 29.4 Å². The molecule has 0 unspecified atom stereocenters. The third-order valence-corrected chi connectivity index (χ3v) is 3.03. The lowest BCUT2D eigenvalue weighted by molar-refractivity contribution is -0.133. The molecular weight excluding hydrogens is 270 g/mol. The van der Waals surface area contributed by atoms with Crippen molar-refractivity contribution >= 4 is 23.7 Å². The van der Waals surface area contributed by atoms with Gasteiger partial charge in [-0.05, 0) is 12.1 Å². The van der Waals surface area contributed by atoms with E-state index in [0.29, 0.717) is 16.5 Å². The normalized spacial score (nSPS) is 10.3. The fraction of sp³-hybridized carbons (Fsp3) is 0.0909. The van der Waals surface area contributed by atoms with Gasteiger partial charge in [0, 0.05) is 5.56 Å². The standard InChI is InChI=1S/C11H9N3O4S/c15-8(16)5-19-11-12-9(13-14-11)6-2-1-3-7(4-6)10(17)18/h1-4H,5H2,(H,15,16)(H,17,18)(H,12,13,14). The van der Waals surface area contributed by atoms with Crippen molar-refractivity contribution in [3.63, 3.8) is 0 Å². The Bertz CT molecular complexity index is 626. The van der Waals surface area contributed by atoms with Gasteiger partial charge in [-0.2, -0.15) is 0 Å². The molecule has 1 aromatic heterocycles. The van der Waals surface area contributed by atoms with Crippen LogP contribution < -0.4 is 0 Å². The highest BCUT2D eigenvalue weighted by Crippen LogP contribution is 2.20. The summed E-state index contributed by atoms with van der Waals surface area (Å²) in [6.45, 7) is 0. The summed E-state index contributed by atoms with van der Waals surface area (Å²) in [5.74, 6) is -1.70. The molecule has 1 aromatic carbocycles. The van der Waals surface area contributed by atoms with Crippen LogP contribution in [0.2, 0.25) is 0 Å². The topological polar surface area (TPSA) is 116 Å². The summed E-state index contributed by atoms with van der Waals surface area (Å²) in [7, 11) is 0. The molecule has 1 heterocycles. The van der Waals surface area contributed by atoms with Crippen molar-refractivity contribution in [2.24, 2.45) is 0 Å². The number of hydrogen-bond acceptors (Lipinski definition) is 5. The number of carboxylic acids is 2. The van der Waals surface area contributed by atoms with Crippen LogP contribution in [-0.2, 0) is 4.79 Å². The molecule has 3 N–H and O–H groups in total. The number of benzene rings is 1. The Labute approximate surface area is 111 Å². The van der Waals surface area contributed by atoms with Crippen LogP contribution in [-0.4, -0.2) is 43.1 Å². The molecule has 0 aliphatic rings. The van der Waals surface area contributed by atoms with Crippen molar-refractivity contribution in [1.29, 1.82) is 0 Å². The van der Waals surface area contributed by atoms with Gasteiger partial charge >= 0.3 is 11.9 Å². The van der Waals surface area contributed by atoms with E-state index in [-0.39, 0.29) is 11.3 Å². The maximum atomic E-state index is 10.9. The molecule has 19 heavy (non-hydrogen) atoms. The van der Waals surface area contributed by atoms with Crippen LogP contribution in [0, 0.1) is 0 Å². The molecule has 0 fully saturated rings. The van der Waals surface area contributed by atoms with Crippen LogP contribution in [0.25, 0.3) is 11.4 Å². The number of nitrogens with zero attached hydrogens (tertiary/aromatic N) is 2. The molecule has 7 nitrogen and oxygen atoms in total. The SMILES string of the molecule is O=C(O)CSc1nnc(-c2cccc(C(=O)O)c2)[nH]1. The molecule has 2 aromatic rings. The summed E-state index contributed by atoms with van der Waals surface area (Å²) in [5.41, 5.74) is 0.725. The van der Waals surface area contributed by atoms with Crippen LogP contribution in [0.3, 0.4) is 0 Å². The molecule has 0 radical (unpaired) electrons. The lowest BCUT2D eigenvalue weighted by atomic mass is 10.1. The first-order valence-electron chi connectivity index (χ1n) is 5.17. The maximum absolute atomic E-state index is 10.9. The molecule has 8 heteroatoms. The Morgan fingerprint density at radius 2 is 2.05 bits per heavy atom. The Balaban J connectivity index is 2.20. The minimum atomic E-state index is -1.03. The van der Waals surface area contributed by atoms with Crippen LogP contribution in [0.4, 0.5) is 0 Å². The average Bonchev–Trinajstić information content (AvgIpc) is 2.85. The molecule has 0 aliphatic heterocycles. The highest BCUT2D eigenvalue weighted by atomic mass is 32.2. The molecule has 0 bridgehead atoms. The summed E-state index contributed by atoms with van der Waals surface area (Å²) < 4.78 is 0. The molecule has 0 amide bonds. The summed E-state index contributed by atoms with van der Waals surface area (Å²) in [4.78, 5) is 24.1. The van der Waals surface area contributed by atoms with E-state index in [1.807, 2.05) is 0 Å². The van der Waals surface area contributed by atoms with E-state index in [4.69, 9.17) is 10.2 Å². The summed E-state index contributed by atoms with van der Waals surface area (Å²) in [5, 5.41) is 25.5. The van der Waals surface area contributed by atoms with Gasteiger partial charge in [-0.15, -0.1) is 10.2 Å². The van der Waals surface area contributed by atoms with Crippen molar-refractivity contribution < 1.29 is 19.8 Å². The highest BCUT2D eigenvalue weighted by molar-refractivity contribution is 7.99. The number of aromatic nitrogens is 3. The molecule has 2 rings (SSSR count).